The summed E-state index contributed by atoms with van der Waals surface area (Å²) in [5.74, 6) is 0.297. The van der Waals surface area contributed by atoms with Gasteiger partial charge in [-0.25, -0.2) is 4.79 Å². The Hall–Kier alpha value is -2.00. The van der Waals surface area contributed by atoms with Crippen molar-refractivity contribution in [3.05, 3.63) is 58.7 Å². The average molecular weight is 308 g/mol. The maximum Gasteiger partial charge on any atom is 0.338 e. The summed E-state index contributed by atoms with van der Waals surface area (Å²) in [5.41, 5.74) is 5.56. The summed E-state index contributed by atoms with van der Waals surface area (Å²) in [6.45, 7) is 0.343. The van der Waals surface area contributed by atoms with Crippen molar-refractivity contribution in [2.24, 2.45) is 0 Å². The Bertz CT molecular complexity index is 846. The Morgan fingerprint density at radius 3 is 2.73 bits per heavy atom. The standard InChI is InChI=1S/C19H16O2S/c20-19(21-10-11-22)16-9-7-14-5-4-12-2-1-3-13-6-8-15(16)18(14)17(12)13/h1,3-6,8-9,22H,2,7,10-11H2. The molecule has 0 radical (unpaired) electrons. The predicted octanol–water partition coefficient (Wildman–Crippen LogP) is 3.82. The van der Waals surface area contributed by atoms with Gasteiger partial charge < -0.3 is 4.74 Å². The molecule has 2 aromatic rings. The van der Waals surface area contributed by atoms with E-state index in [9.17, 15) is 4.79 Å². The van der Waals surface area contributed by atoms with Gasteiger partial charge in [0.15, 0.2) is 0 Å². The van der Waals surface area contributed by atoms with Crippen LogP contribution in [0.1, 0.15) is 22.3 Å². The van der Waals surface area contributed by atoms with E-state index in [2.05, 4.69) is 43.0 Å². The number of hydrogen-bond donors (Lipinski definition) is 1. The zero-order chi connectivity index (χ0) is 15.1. The van der Waals surface area contributed by atoms with Gasteiger partial charge in [0.05, 0.1) is 5.57 Å². The quantitative estimate of drug-likeness (QED) is 0.689. The molecule has 0 saturated heterocycles. The number of esters is 1. The van der Waals surface area contributed by atoms with Crippen LogP contribution in [0.3, 0.4) is 0 Å². The number of thiol groups is 1. The molecule has 3 heteroatoms. The van der Waals surface area contributed by atoms with Crippen LogP contribution in [0.2, 0.25) is 0 Å². The van der Waals surface area contributed by atoms with E-state index < -0.39 is 0 Å². The molecule has 2 aliphatic rings. The minimum absolute atomic E-state index is 0.244. The third kappa shape index (κ3) is 2.00. The van der Waals surface area contributed by atoms with Crippen LogP contribution in [-0.2, 0) is 22.4 Å². The van der Waals surface area contributed by atoms with E-state index in [-0.39, 0.29) is 5.97 Å². The molecule has 0 aliphatic heterocycles. The first kappa shape index (κ1) is 13.6. The van der Waals surface area contributed by atoms with Crippen LogP contribution in [0.5, 0.6) is 0 Å². The van der Waals surface area contributed by atoms with Crippen LogP contribution >= 0.6 is 12.6 Å². The van der Waals surface area contributed by atoms with Crippen LogP contribution in [0, 0.1) is 0 Å². The third-order valence-corrected chi connectivity index (χ3v) is 4.54. The summed E-state index contributed by atoms with van der Waals surface area (Å²) >= 11 is 4.09. The molecule has 2 aromatic carbocycles. The SMILES string of the molecule is O=C(OCCS)C1=CCc2ccc3c4c(ccc1c24)C=CC3. The first-order valence-corrected chi connectivity index (χ1v) is 8.15. The van der Waals surface area contributed by atoms with Crippen molar-refractivity contribution in [2.45, 2.75) is 12.8 Å². The number of benzene rings is 2. The number of carbonyl (C=O) groups is 1. The first-order valence-electron chi connectivity index (χ1n) is 7.52. The lowest BCUT2D eigenvalue weighted by Gasteiger charge is -2.22. The molecule has 0 unspecified atom stereocenters. The van der Waals surface area contributed by atoms with Crippen molar-refractivity contribution < 1.29 is 9.53 Å². The maximum atomic E-state index is 12.3. The summed E-state index contributed by atoms with van der Waals surface area (Å²) in [6.07, 6.45) is 8.09. The number of ether oxygens (including phenoxy) is 1. The Morgan fingerprint density at radius 1 is 1.09 bits per heavy atom. The fraction of sp³-hybridized carbons (Fsp3) is 0.211. The Morgan fingerprint density at radius 2 is 1.91 bits per heavy atom. The second kappa shape index (κ2) is 5.33. The molecule has 2 aliphatic carbocycles. The molecule has 0 heterocycles. The van der Waals surface area contributed by atoms with Crippen LogP contribution in [0.15, 0.2) is 36.4 Å². The van der Waals surface area contributed by atoms with Crippen molar-refractivity contribution in [1.82, 2.24) is 0 Å². The summed E-state index contributed by atoms with van der Waals surface area (Å²) < 4.78 is 5.28. The molecule has 0 spiro atoms. The Kier molecular flexibility index (Phi) is 3.30. The van der Waals surface area contributed by atoms with Gasteiger partial charge in [0.25, 0.3) is 0 Å². The average Bonchev–Trinajstić information content (AvgIpc) is 2.57. The lowest BCUT2D eigenvalue weighted by atomic mass is 9.82. The van der Waals surface area contributed by atoms with Crippen molar-refractivity contribution >= 4 is 41.0 Å². The second-order valence-electron chi connectivity index (χ2n) is 5.62. The maximum absolute atomic E-state index is 12.3. The van der Waals surface area contributed by atoms with Gasteiger partial charge in [-0.2, -0.15) is 12.6 Å². The molecular weight excluding hydrogens is 292 g/mol. The van der Waals surface area contributed by atoms with Gasteiger partial charge in [-0.1, -0.05) is 42.5 Å². The Balaban J connectivity index is 1.91. The molecule has 0 N–H and O–H groups in total. The van der Waals surface area contributed by atoms with E-state index in [1.165, 1.54) is 27.5 Å². The third-order valence-electron chi connectivity index (χ3n) is 4.36. The van der Waals surface area contributed by atoms with Crippen molar-refractivity contribution in [1.29, 1.82) is 0 Å². The molecule has 2 nitrogen and oxygen atoms in total. The number of rotatable bonds is 3. The largest absolute Gasteiger partial charge is 0.461 e. The summed E-state index contributed by atoms with van der Waals surface area (Å²) in [6, 6.07) is 8.56. The minimum atomic E-state index is -0.244. The molecule has 0 atom stereocenters. The fourth-order valence-electron chi connectivity index (χ4n) is 3.41. The summed E-state index contributed by atoms with van der Waals surface area (Å²) in [5, 5.41) is 2.52. The second-order valence-corrected chi connectivity index (χ2v) is 6.07. The van der Waals surface area contributed by atoms with Gasteiger partial charge in [0, 0.05) is 5.75 Å². The van der Waals surface area contributed by atoms with Gasteiger partial charge >= 0.3 is 5.97 Å². The van der Waals surface area contributed by atoms with Gasteiger partial charge in [-0.15, -0.1) is 0 Å². The van der Waals surface area contributed by atoms with E-state index in [1.807, 2.05) is 12.1 Å². The molecular formula is C19H16O2S. The highest BCUT2D eigenvalue weighted by atomic mass is 32.1. The zero-order valence-corrected chi connectivity index (χ0v) is 13.0. The lowest BCUT2D eigenvalue weighted by Crippen LogP contribution is -2.13. The Labute approximate surface area is 134 Å². The molecule has 110 valence electrons. The summed E-state index contributed by atoms with van der Waals surface area (Å²) in [4.78, 5) is 12.3. The highest BCUT2D eigenvalue weighted by Gasteiger charge is 2.23. The van der Waals surface area contributed by atoms with Crippen molar-refractivity contribution in [3.63, 3.8) is 0 Å². The van der Waals surface area contributed by atoms with Gasteiger partial charge in [-0.3, -0.25) is 0 Å². The molecule has 0 saturated carbocycles. The topological polar surface area (TPSA) is 26.3 Å². The first-order chi connectivity index (χ1) is 10.8. The minimum Gasteiger partial charge on any atom is -0.461 e. The molecule has 0 amide bonds. The number of hydrogen-bond acceptors (Lipinski definition) is 3. The van der Waals surface area contributed by atoms with Crippen LogP contribution < -0.4 is 0 Å². The summed E-state index contributed by atoms with van der Waals surface area (Å²) in [7, 11) is 0. The number of carbonyl (C=O) groups excluding carboxylic acids is 1. The van der Waals surface area contributed by atoms with Crippen LogP contribution in [0.4, 0.5) is 0 Å². The van der Waals surface area contributed by atoms with Crippen LogP contribution in [-0.4, -0.2) is 18.3 Å². The van der Waals surface area contributed by atoms with E-state index in [4.69, 9.17) is 4.74 Å². The highest BCUT2D eigenvalue weighted by molar-refractivity contribution is 7.80. The lowest BCUT2D eigenvalue weighted by molar-refractivity contribution is -0.135. The van der Waals surface area contributed by atoms with Crippen molar-refractivity contribution in [2.75, 3.05) is 12.4 Å². The molecule has 0 bridgehead atoms. The molecule has 0 fully saturated rings. The molecule has 0 aromatic heterocycles. The number of allylic oxidation sites excluding steroid dienone is 2. The smallest absolute Gasteiger partial charge is 0.338 e. The van der Waals surface area contributed by atoms with E-state index in [0.717, 1.165) is 18.4 Å². The highest BCUT2D eigenvalue weighted by Crippen LogP contribution is 2.39. The van der Waals surface area contributed by atoms with Crippen molar-refractivity contribution in [3.8, 4) is 0 Å². The zero-order valence-electron chi connectivity index (χ0n) is 12.1. The van der Waals surface area contributed by atoms with Gasteiger partial charge in [-0.05, 0) is 45.9 Å². The fourth-order valence-corrected chi connectivity index (χ4v) is 3.51. The van der Waals surface area contributed by atoms with Crippen LogP contribution in [0.25, 0.3) is 22.4 Å². The molecule has 4 rings (SSSR count). The van der Waals surface area contributed by atoms with E-state index >= 15 is 0 Å². The normalized spacial score (nSPS) is 14.9. The van der Waals surface area contributed by atoms with Gasteiger partial charge in [0.2, 0.25) is 0 Å². The predicted molar refractivity (Wildman–Crippen MR) is 93.2 cm³/mol. The van der Waals surface area contributed by atoms with E-state index in [0.29, 0.717) is 17.9 Å². The molecule has 22 heavy (non-hydrogen) atoms. The van der Waals surface area contributed by atoms with Gasteiger partial charge in [0.1, 0.15) is 6.61 Å². The monoisotopic (exact) mass is 308 g/mol. The van der Waals surface area contributed by atoms with E-state index in [1.54, 1.807) is 0 Å².